The minimum absolute atomic E-state index is 0. The SMILES string of the molecule is OP(O)(=S)S.OP(O)(=S)S.[Zn]. The molecule has 0 amide bonds. The molecule has 0 aliphatic rings. The topological polar surface area (TPSA) is 80.9 Å². The van der Waals surface area contributed by atoms with E-state index in [1.165, 1.54) is 0 Å². The molecule has 0 saturated carbocycles. The minimum atomic E-state index is -3.11. The molecule has 0 aromatic carbocycles. The molecule has 4 nitrogen and oxygen atoms in total. The summed E-state index contributed by atoms with van der Waals surface area (Å²) >= 11 is 14.1. The van der Waals surface area contributed by atoms with Gasteiger partial charge in [0.05, 0.1) is 0 Å². The van der Waals surface area contributed by atoms with Crippen molar-refractivity contribution < 1.29 is 39.1 Å². The first-order valence-corrected chi connectivity index (χ1v) is 9.29. The van der Waals surface area contributed by atoms with Crippen LogP contribution >= 0.6 is 35.9 Å². The summed E-state index contributed by atoms with van der Waals surface area (Å²) < 4.78 is 0. The van der Waals surface area contributed by atoms with E-state index >= 15 is 0 Å². The van der Waals surface area contributed by atoms with Crippen molar-refractivity contribution in [2.75, 3.05) is 0 Å². The first kappa shape index (κ1) is 19.1. The van der Waals surface area contributed by atoms with E-state index in [4.69, 9.17) is 19.6 Å². The molecule has 0 rings (SSSR count). The zero-order chi connectivity index (χ0) is 9.00. The molecular weight excluding hydrogens is 320 g/mol. The van der Waals surface area contributed by atoms with Crippen LogP contribution in [-0.4, -0.2) is 19.6 Å². The Bertz CT molecular complexity index is 132. The Balaban J connectivity index is -0.000000107. The Hall–Kier alpha value is 2.46. The van der Waals surface area contributed by atoms with E-state index in [-0.39, 0.29) is 19.5 Å². The summed E-state index contributed by atoms with van der Waals surface area (Å²) in [5, 5.41) is 0. The third-order valence-electron chi connectivity index (χ3n) is 0. The second-order valence-corrected chi connectivity index (χ2v) is 11.1. The van der Waals surface area contributed by atoms with Crippen molar-refractivity contribution in [2.24, 2.45) is 0 Å². The van der Waals surface area contributed by atoms with E-state index in [1.807, 2.05) is 0 Å². The van der Waals surface area contributed by atoms with Gasteiger partial charge in [0.2, 0.25) is 11.4 Å². The Morgan fingerprint density at radius 3 is 0.818 bits per heavy atom. The van der Waals surface area contributed by atoms with Crippen molar-refractivity contribution in [3.05, 3.63) is 0 Å². The van der Waals surface area contributed by atoms with Gasteiger partial charge in [-0.25, -0.2) is 0 Å². The van der Waals surface area contributed by atoms with Crippen LogP contribution in [-0.2, 0) is 43.1 Å². The van der Waals surface area contributed by atoms with Crippen molar-refractivity contribution in [1.82, 2.24) is 0 Å². The number of hydrogen-bond donors (Lipinski definition) is 6. The molecule has 66 valence electrons. The average Bonchev–Trinajstić information content (AvgIpc) is 1.12. The van der Waals surface area contributed by atoms with E-state index in [0.717, 1.165) is 0 Å². The zero-order valence-corrected chi connectivity index (χ0v) is 13.3. The fourth-order valence-electron chi connectivity index (χ4n) is 0. The summed E-state index contributed by atoms with van der Waals surface area (Å²) in [5.41, 5.74) is -6.22. The van der Waals surface area contributed by atoms with E-state index in [9.17, 15) is 0 Å². The third kappa shape index (κ3) is 225. The van der Waals surface area contributed by atoms with E-state index < -0.39 is 11.4 Å². The average molecular weight is 326 g/mol. The standard InChI is InChI=1S/2H3O2PS2.Zn/c2*1-3(2,4)5;/h2*(H3,1,2,4,5);. The second-order valence-electron chi connectivity index (χ2n) is 1.03. The minimum Gasteiger partial charge on any atom is -0.338 e. The van der Waals surface area contributed by atoms with Gasteiger partial charge >= 0.3 is 0 Å². The number of hydrogen-bond acceptors (Lipinski definition) is 2. The first-order chi connectivity index (χ1) is 4.00. The Morgan fingerprint density at radius 2 is 0.818 bits per heavy atom. The molecule has 0 aliphatic carbocycles. The van der Waals surface area contributed by atoms with Gasteiger partial charge in [-0.2, -0.15) is 0 Å². The second kappa shape index (κ2) is 7.83. The molecule has 4 N–H and O–H groups in total. The maximum absolute atomic E-state index is 7.87. The third-order valence-corrected chi connectivity index (χ3v) is 0. The number of rotatable bonds is 0. The van der Waals surface area contributed by atoms with Crippen LogP contribution in [0.5, 0.6) is 0 Å². The van der Waals surface area contributed by atoms with Crippen LogP contribution in [0.15, 0.2) is 0 Å². The van der Waals surface area contributed by atoms with Crippen molar-refractivity contribution in [2.45, 2.75) is 0 Å². The van der Waals surface area contributed by atoms with E-state index in [0.29, 0.717) is 0 Å². The maximum Gasteiger partial charge on any atom is 0.239 e. The molecule has 0 aromatic rings. The molecule has 0 fully saturated rings. The molecule has 0 aliphatic heterocycles. The van der Waals surface area contributed by atoms with E-state index in [2.05, 4.69) is 48.1 Å². The first-order valence-electron chi connectivity index (χ1n) is 1.57. The van der Waals surface area contributed by atoms with E-state index in [1.54, 1.807) is 0 Å². The van der Waals surface area contributed by atoms with Gasteiger partial charge in [0.15, 0.2) is 0 Å². The van der Waals surface area contributed by atoms with Gasteiger partial charge < -0.3 is 19.6 Å². The number of thiol groups is 2. The van der Waals surface area contributed by atoms with Crippen LogP contribution in [0.3, 0.4) is 0 Å². The monoisotopic (exact) mass is 324 g/mol. The van der Waals surface area contributed by atoms with Crippen LogP contribution in [0.2, 0.25) is 0 Å². The van der Waals surface area contributed by atoms with Gasteiger partial charge in [0.1, 0.15) is 0 Å². The summed E-state index contributed by atoms with van der Waals surface area (Å²) in [7, 11) is 0. The molecule has 0 atom stereocenters. The fourth-order valence-corrected chi connectivity index (χ4v) is 0. The van der Waals surface area contributed by atoms with Crippen LogP contribution < -0.4 is 0 Å². The fraction of sp³-hybridized carbons (Fsp3) is 0. The van der Waals surface area contributed by atoms with Gasteiger partial charge in [0, 0.05) is 19.5 Å². The van der Waals surface area contributed by atoms with Crippen LogP contribution in [0.1, 0.15) is 0 Å². The molecule has 0 bridgehead atoms. The van der Waals surface area contributed by atoms with Crippen molar-refractivity contribution >= 4 is 59.5 Å². The normalized spacial score (nSPS) is 10.7. The molecule has 0 heterocycles. The summed E-state index contributed by atoms with van der Waals surface area (Å²) in [4.78, 5) is 31.5. The molecule has 0 unspecified atom stereocenters. The summed E-state index contributed by atoms with van der Waals surface area (Å²) in [6, 6.07) is 0. The largest absolute Gasteiger partial charge is 0.338 e. The molecule has 11 heavy (non-hydrogen) atoms. The van der Waals surface area contributed by atoms with Crippen LogP contribution in [0, 0.1) is 0 Å². The smallest absolute Gasteiger partial charge is 0.239 e. The summed E-state index contributed by atoms with van der Waals surface area (Å²) in [5.74, 6) is 0. The predicted octanol–water partition coefficient (Wildman–Crippen LogP) is 0.248. The summed E-state index contributed by atoms with van der Waals surface area (Å²) in [6.07, 6.45) is 0. The van der Waals surface area contributed by atoms with Crippen LogP contribution in [0.25, 0.3) is 0 Å². The molecule has 0 radical (unpaired) electrons. The summed E-state index contributed by atoms with van der Waals surface area (Å²) in [6.45, 7) is 0. The van der Waals surface area contributed by atoms with Crippen molar-refractivity contribution in [3.63, 3.8) is 0 Å². The molecule has 0 spiro atoms. The Morgan fingerprint density at radius 1 is 0.818 bits per heavy atom. The predicted molar refractivity (Wildman–Crippen MR) is 55.4 cm³/mol. The quantitative estimate of drug-likeness (QED) is 0.218. The maximum atomic E-state index is 7.87. The van der Waals surface area contributed by atoms with Gasteiger partial charge in [-0.1, -0.05) is 24.5 Å². The Labute approximate surface area is 97.8 Å². The molecule has 11 heteroatoms. The van der Waals surface area contributed by atoms with Gasteiger partial charge in [-0.15, -0.1) is 0 Å². The van der Waals surface area contributed by atoms with Gasteiger partial charge in [-0.05, 0) is 23.6 Å². The van der Waals surface area contributed by atoms with Gasteiger partial charge in [-0.3, -0.25) is 0 Å². The molecule has 0 saturated heterocycles. The van der Waals surface area contributed by atoms with Gasteiger partial charge in [0.25, 0.3) is 0 Å². The Kier molecular flexibility index (Phi) is 13.6. The van der Waals surface area contributed by atoms with Crippen molar-refractivity contribution in [1.29, 1.82) is 0 Å². The molecule has 0 aromatic heterocycles. The van der Waals surface area contributed by atoms with Crippen molar-refractivity contribution in [3.8, 4) is 0 Å². The van der Waals surface area contributed by atoms with Crippen LogP contribution in [0.4, 0.5) is 0 Å². The zero-order valence-electron chi connectivity index (χ0n) is 5.10. The molecular formula is H6O4P2S4Zn.